The Hall–Kier alpha value is -1.48. The van der Waals surface area contributed by atoms with E-state index in [1.165, 1.54) is 11.1 Å². The lowest BCUT2D eigenvalue weighted by Crippen LogP contribution is -2.20. The number of benzene rings is 1. The fourth-order valence-electron chi connectivity index (χ4n) is 2.25. The number of nitrogens with two attached hydrogens (primary N) is 1. The molecule has 0 saturated heterocycles. The Labute approximate surface area is 81.8 Å². The van der Waals surface area contributed by atoms with Crippen LogP contribution in [0.1, 0.15) is 5.69 Å². The molecule has 0 aliphatic carbocycles. The zero-order valence-corrected chi connectivity index (χ0v) is 7.77. The first-order valence-electron chi connectivity index (χ1n) is 4.81. The molecule has 1 aliphatic heterocycles. The molecular formula is C11H12N2O. The molecule has 3 heteroatoms. The molecule has 1 atom stereocenters. The number of phenols is 1. The maximum absolute atomic E-state index is 9.40. The van der Waals surface area contributed by atoms with Gasteiger partial charge in [-0.1, -0.05) is 0 Å². The highest BCUT2D eigenvalue weighted by Gasteiger charge is 2.20. The highest BCUT2D eigenvalue weighted by molar-refractivity contribution is 5.83. The summed E-state index contributed by atoms with van der Waals surface area (Å²) in [6.07, 6.45) is 0.940. The van der Waals surface area contributed by atoms with E-state index in [9.17, 15) is 5.11 Å². The summed E-state index contributed by atoms with van der Waals surface area (Å²) in [6, 6.07) is 7.86. The minimum absolute atomic E-state index is 0.233. The van der Waals surface area contributed by atoms with Gasteiger partial charge in [0.25, 0.3) is 0 Å². The molecule has 0 fully saturated rings. The van der Waals surface area contributed by atoms with E-state index >= 15 is 0 Å². The molecule has 2 aromatic rings. The maximum atomic E-state index is 9.40. The van der Waals surface area contributed by atoms with Crippen LogP contribution in [0.5, 0.6) is 5.75 Å². The SMILES string of the molecule is NC1Cc2cc3ccc(O)cc3n2C1. The van der Waals surface area contributed by atoms with Gasteiger partial charge in [-0.25, -0.2) is 0 Å². The summed E-state index contributed by atoms with van der Waals surface area (Å²) in [6.45, 7) is 0.863. The quantitative estimate of drug-likeness (QED) is 0.653. The number of fused-ring (bicyclic) bond motifs is 3. The number of aromatic nitrogens is 1. The number of aromatic hydroxyl groups is 1. The largest absolute Gasteiger partial charge is 0.508 e. The van der Waals surface area contributed by atoms with E-state index in [1.807, 2.05) is 6.07 Å². The monoisotopic (exact) mass is 188 g/mol. The second kappa shape index (κ2) is 2.51. The smallest absolute Gasteiger partial charge is 0.117 e. The Balaban J connectivity index is 2.30. The van der Waals surface area contributed by atoms with Crippen LogP contribution in [0.15, 0.2) is 24.3 Å². The Morgan fingerprint density at radius 1 is 1.36 bits per heavy atom. The van der Waals surface area contributed by atoms with Crippen molar-refractivity contribution in [3.63, 3.8) is 0 Å². The summed E-state index contributed by atoms with van der Waals surface area (Å²) < 4.78 is 2.19. The zero-order chi connectivity index (χ0) is 9.71. The van der Waals surface area contributed by atoms with Gasteiger partial charge < -0.3 is 15.4 Å². The first-order chi connectivity index (χ1) is 6.74. The van der Waals surface area contributed by atoms with Gasteiger partial charge in [0.1, 0.15) is 5.75 Å². The van der Waals surface area contributed by atoms with E-state index in [-0.39, 0.29) is 6.04 Å². The molecule has 0 bridgehead atoms. The van der Waals surface area contributed by atoms with Crippen LogP contribution in [0.4, 0.5) is 0 Å². The van der Waals surface area contributed by atoms with Crippen LogP contribution in [0, 0.1) is 0 Å². The van der Waals surface area contributed by atoms with E-state index in [0.717, 1.165) is 18.5 Å². The van der Waals surface area contributed by atoms with Crippen LogP contribution < -0.4 is 5.73 Å². The van der Waals surface area contributed by atoms with Gasteiger partial charge in [-0.3, -0.25) is 0 Å². The first-order valence-corrected chi connectivity index (χ1v) is 4.81. The molecule has 3 N–H and O–H groups in total. The topological polar surface area (TPSA) is 51.2 Å². The Kier molecular flexibility index (Phi) is 1.42. The predicted octanol–water partition coefficient (Wildman–Crippen LogP) is 1.23. The van der Waals surface area contributed by atoms with Crippen LogP contribution in [0.3, 0.4) is 0 Å². The fraction of sp³-hybridized carbons (Fsp3) is 0.273. The van der Waals surface area contributed by atoms with Gasteiger partial charge in [0.05, 0.1) is 5.52 Å². The van der Waals surface area contributed by atoms with Gasteiger partial charge >= 0.3 is 0 Å². The van der Waals surface area contributed by atoms with Crippen molar-refractivity contribution in [1.82, 2.24) is 4.57 Å². The van der Waals surface area contributed by atoms with Crippen LogP contribution in [0.25, 0.3) is 10.9 Å². The third-order valence-electron chi connectivity index (χ3n) is 2.86. The summed E-state index contributed by atoms with van der Waals surface area (Å²) in [7, 11) is 0. The summed E-state index contributed by atoms with van der Waals surface area (Å²) >= 11 is 0. The molecular weight excluding hydrogens is 176 g/mol. The maximum Gasteiger partial charge on any atom is 0.117 e. The van der Waals surface area contributed by atoms with Crippen LogP contribution in [-0.2, 0) is 13.0 Å². The molecule has 1 unspecified atom stereocenters. The highest BCUT2D eigenvalue weighted by Crippen LogP contribution is 2.27. The molecule has 3 rings (SSSR count). The molecule has 0 amide bonds. The van der Waals surface area contributed by atoms with E-state index < -0.39 is 0 Å². The number of rotatable bonds is 0. The van der Waals surface area contributed by atoms with Crippen molar-refractivity contribution < 1.29 is 5.11 Å². The summed E-state index contributed by atoms with van der Waals surface area (Å²) in [5, 5.41) is 10.6. The van der Waals surface area contributed by atoms with Crippen molar-refractivity contribution in [2.24, 2.45) is 5.73 Å². The molecule has 1 aromatic heterocycles. The lowest BCUT2D eigenvalue weighted by molar-refractivity contribution is 0.476. The van der Waals surface area contributed by atoms with Gasteiger partial charge in [-0.2, -0.15) is 0 Å². The number of hydrogen-bond donors (Lipinski definition) is 2. The number of hydrogen-bond acceptors (Lipinski definition) is 2. The Bertz CT molecular complexity index is 501. The fourth-order valence-corrected chi connectivity index (χ4v) is 2.25. The Morgan fingerprint density at radius 2 is 2.21 bits per heavy atom. The second-order valence-corrected chi connectivity index (χ2v) is 3.95. The third-order valence-corrected chi connectivity index (χ3v) is 2.86. The van der Waals surface area contributed by atoms with Crippen molar-refractivity contribution in [2.75, 3.05) is 0 Å². The molecule has 72 valence electrons. The molecule has 2 heterocycles. The minimum atomic E-state index is 0.233. The van der Waals surface area contributed by atoms with Crippen molar-refractivity contribution in [3.8, 4) is 5.75 Å². The van der Waals surface area contributed by atoms with Gasteiger partial charge in [-0.05, 0) is 18.2 Å². The predicted molar refractivity (Wildman–Crippen MR) is 55.3 cm³/mol. The van der Waals surface area contributed by atoms with Crippen molar-refractivity contribution >= 4 is 10.9 Å². The average molecular weight is 188 g/mol. The molecule has 14 heavy (non-hydrogen) atoms. The molecule has 1 aromatic carbocycles. The molecule has 0 spiro atoms. The molecule has 0 saturated carbocycles. The minimum Gasteiger partial charge on any atom is -0.508 e. The van der Waals surface area contributed by atoms with Crippen LogP contribution in [0.2, 0.25) is 0 Å². The molecule has 1 aliphatic rings. The van der Waals surface area contributed by atoms with Gasteiger partial charge in [0, 0.05) is 36.2 Å². The summed E-state index contributed by atoms with van der Waals surface area (Å²) in [5.41, 5.74) is 8.24. The highest BCUT2D eigenvalue weighted by atomic mass is 16.3. The number of nitrogens with zero attached hydrogens (tertiary/aromatic N) is 1. The van der Waals surface area contributed by atoms with E-state index in [4.69, 9.17) is 5.73 Å². The summed E-state index contributed by atoms with van der Waals surface area (Å²) in [4.78, 5) is 0. The first kappa shape index (κ1) is 7.88. The average Bonchev–Trinajstić information content (AvgIpc) is 2.62. The van der Waals surface area contributed by atoms with Crippen LogP contribution >= 0.6 is 0 Å². The zero-order valence-electron chi connectivity index (χ0n) is 7.77. The Morgan fingerprint density at radius 3 is 3.07 bits per heavy atom. The van der Waals surface area contributed by atoms with Crippen LogP contribution in [-0.4, -0.2) is 15.7 Å². The summed E-state index contributed by atoms with van der Waals surface area (Å²) in [5.74, 6) is 0.318. The van der Waals surface area contributed by atoms with E-state index in [1.54, 1.807) is 12.1 Å². The lowest BCUT2D eigenvalue weighted by atomic mass is 10.2. The molecule has 0 radical (unpaired) electrons. The van der Waals surface area contributed by atoms with Crippen molar-refractivity contribution in [2.45, 2.75) is 19.0 Å². The number of phenolic OH excluding ortho intramolecular Hbond substituents is 1. The standard InChI is InChI=1S/C11H12N2O/c12-8-4-9-3-7-1-2-10(14)5-11(7)13(9)6-8/h1-3,5,8,14H,4,6,12H2. The normalized spacial score (nSPS) is 20.2. The second-order valence-electron chi connectivity index (χ2n) is 3.95. The van der Waals surface area contributed by atoms with Gasteiger partial charge in [0.2, 0.25) is 0 Å². The molecule has 3 nitrogen and oxygen atoms in total. The van der Waals surface area contributed by atoms with Crippen molar-refractivity contribution in [3.05, 3.63) is 30.0 Å². The van der Waals surface area contributed by atoms with Gasteiger partial charge in [0.15, 0.2) is 0 Å². The van der Waals surface area contributed by atoms with E-state index in [2.05, 4.69) is 10.6 Å². The third kappa shape index (κ3) is 0.960. The van der Waals surface area contributed by atoms with Gasteiger partial charge in [-0.15, -0.1) is 0 Å². The van der Waals surface area contributed by atoms with E-state index in [0.29, 0.717) is 5.75 Å². The lowest BCUT2D eigenvalue weighted by Gasteiger charge is -2.02. The van der Waals surface area contributed by atoms with Crippen molar-refractivity contribution in [1.29, 1.82) is 0 Å².